The highest BCUT2D eigenvalue weighted by Gasteiger charge is 2.41. The van der Waals surface area contributed by atoms with Gasteiger partial charge in [0.25, 0.3) is 0 Å². The number of phenols is 1. The average molecular weight is 400 g/mol. The standard InChI is InChI=1S/C21H18F2N2O2S/c1-12-20(21(27)24-11-13-4-6-16(22)17(23)9-13)15-10-14(26)5-7-18(15)25(12)19-3-2-8-28-19/h2-10,12,20,26H,11H2,1H3,(H,24,27). The summed E-state index contributed by atoms with van der Waals surface area (Å²) in [6, 6.07) is 12.3. The Labute approximate surface area is 165 Å². The Bertz CT molecular complexity index is 1020. The van der Waals surface area contributed by atoms with Crippen LogP contribution in [0.1, 0.15) is 24.0 Å². The molecule has 1 aliphatic heterocycles. The van der Waals surface area contributed by atoms with Crippen molar-refractivity contribution in [2.45, 2.75) is 25.4 Å². The SMILES string of the molecule is CC1C(C(=O)NCc2ccc(F)c(F)c2)c2cc(O)ccc2N1c1cccs1. The summed E-state index contributed by atoms with van der Waals surface area (Å²) in [7, 11) is 0. The van der Waals surface area contributed by atoms with Crippen LogP contribution in [0.5, 0.6) is 5.75 Å². The Morgan fingerprint density at radius 1 is 1.18 bits per heavy atom. The van der Waals surface area contributed by atoms with Gasteiger partial charge in [-0.1, -0.05) is 6.07 Å². The highest BCUT2D eigenvalue weighted by Crippen LogP contribution is 2.47. The third-order valence-electron chi connectivity index (χ3n) is 4.97. The lowest BCUT2D eigenvalue weighted by Crippen LogP contribution is -2.36. The molecule has 3 aromatic rings. The van der Waals surface area contributed by atoms with Crippen LogP contribution in [-0.2, 0) is 11.3 Å². The van der Waals surface area contributed by atoms with E-state index in [1.807, 2.05) is 30.5 Å². The minimum Gasteiger partial charge on any atom is -0.508 e. The predicted molar refractivity (Wildman–Crippen MR) is 105 cm³/mol. The van der Waals surface area contributed by atoms with E-state index in [1.165, 1.54) is 6.07 Å². The first-order valence-electron chi connectivity index (χ1n) is 8.83. The molecule has 2 unspecified atom stereocenters. The molecule has 0 radical (unpaired) electrons. The molecule has 0 aliphatic carbocycles. The molecule has 2 atom stereocenters. The number of anilines is 2. The predicted octanol–water partition coefficient (Wildman–Crippen LogP) is 4.67. The van der Waals surface area contributed by atoms with Gasteiger partial charge >= 0.3 is 0 Å². The van der Waals surface area contributed by atoms with E-state index in [9.17, 15) is 18.7 Å². The summed E-state index contributed by atoms with van der Waals surface area (Å²) in [4.78, 5) is 15.1. The summed E-state index contributed by atoms with van der Waals surface area (Å²) in [5.74, 6) is -2.51. The van der Waals surface area contributed by atoms with Gasteiger partial charge in [-0.3, -0.25) is 4.79 Å². The molecule has 1 amide bonds. The fourth-order valence-corrected chi connectivity index (χ4v) is 4.51. The van der Waals surface area contributed by atoms with Crippen LogP contribution in [0.25, 0.3) is 0 Å². The van der Waals surface area contributed by atoms with Crippen molar-refractivity contribution in [1.82, 2.24) is 5.32 Å². The van der Waals surface area contributed by atoms with Crippen LogP contribution in [-0.4, -0.2) is 17.1 Å². The molecule has 2 heterocycles. The van der Waals surface area contributed by atoms with Gasteiger partial charge in [0.05, 0.1) is 10.9 Å². The second kappa shape index (κ2) is 7.24. The maximum absolute atomic E-state index is 13.4. The smallest absolute Gasteiger partial charge is 0.229 e. The molecule has 7 heteroatoms. The summed E-state index contributed by atoms with van der Waals surface area (Å²) in [5, 5.41) is 15.7. The van der Waals surface area contributed by atoms with Gasteiger partial charge in [-0.05, 0) is 65.9 Å². The van der Waals surface area contributed by atoms with Crippen LogP contribution in [0.2, 0.25) is 0 Å². The first kappa shape index (κ1) is 18.4. The summed E-state index contributed by atoms with van der Waals surface area (Å²) in [6.45, 7) is 2.05. The molecule has 0 saturated heterocycles. The third kappa shape index (κ3) is 3.22. The fraction of sp³-hybridized carbons (Fsp3) is 0.190. The third-order valence-corrected chi connectivity index (χ3v) is 5.84. The zero-order valence-corrected chi connectivity index (χ0v) is 15.8. The Morgan fingerprint density at radius 2 is 2.00 bits per heavy atom. The lowest BCUT2D eigenvalue weighted by Gasteiger charge is -2.25. The van der Waals surface area contributed by atoms with Gasteiger partial charge < -0.3 is 15.3 Å². The number of carbonyl (C=O) groups excluding carboxylic acids is 1. The van der Waals surface area contributed by atoms with Crippen LogP contribution in [0.3, 0.4) is 0 Å². The highest BCUT2D eigenvalue weighted by atomic mass is 32.1. The van der Waals surface area contributed by atoms with Gasteiger partial charge in [0.1, 0.15) is 5.75 Å². The number of halogens is 2. The number of aromatic hydroxyl groups is 1. The van der Waals surface area contributed by atoms with Crippen molar-refractivity contribution in [3.8, 4) is 5.75 Å². The number of rotatable bonds is 4. The monoisotopic (exact) mass is 400 g/mol. The maximum atomic E-state index is 13.4. The second-order valence-electron chi connectivity index (χ2n) is 6.75. The van der Waals surface area contributed by atoms with Crippen molar-refractivity contribution in [3.63, 3.8) is 0 Å². The molecule has 4 nitrogen and oxygen atoms in total. The zero-order chi connectivity index (χ0) is 19.8. The van der Waals surface area contributed by atoms with Crippen LogP contribution < -0.4 is 10.2 Å². The van der Waals surface area contributed by atoms with Crippen molar-refractivity contribution < 1.29 is 18.7 Å². The number of hydrogen-bond donors (Lipinski definition) is 2. The van der Waals surface area contributed by atoms with Gasteiger partial charge in [0.2, 0.25) is 5.91 Å². The molecular weight excluding hydrogens is 382 g/mol. The fourth-order valence-electron chi connectivity index (χ4n) is 3.67. The molecule has 1 aliphatic rings. The second-order valence-corrected chi connectivity index (χ2v) is 7.68. The van der Waals surface area contributed by atoms with E-state index in [2.05, 4.69) is 10.2 Å². The van der Waals surface area contributed by atoms with Crippen molar-refractivity contribution in [2.75, 3.05) is 4.90 Å². The van der Waals surface area contributed by atoms with E-state index in [-0.39, 0.29) is 24.2 Å². The largest absolute Gasteiger partial charge is 0.508 e. The van der Waals surface area contributed by atoms with E-state index in [0.717, 1.165) is 28.4 Å². The Balaban J connectivity index is 1.60. The lowest BCUT2D eigenvalue weighted by molar-refractivity contribution is -0.122. The summed E-state index contributed by atoms with van der Waals surface area (Å²) in [5.41, 5.74) is 2.09. The molecule has 0 fully saturated rings. The summed E-state index contributed by atoms with van der Waals surface area (Å²) < 4.78 is 26.5. The number of thiophene rings is 1. The quantitative estimate of drug-likeness (QED) is 0.669. The molecule has 1 aromatic heterocycles. The van der Waals surface area contributed by atoms with Gasteiger partial charge in [-0.2, -0.15) is 0 Å². The van der Waals surface area contributed by atoms with Crippen molar-refractivity contribution in [2.24, 2.45) is 0 Å². The summed E-state index contributed by atoms with van der Waals surface area (Å²) >= 11 is 1.57. The molecular formula is C21H18F2N2O2S. The molecule has 0 saturated carbocycles. The van der Waals surface area contributed by atoms with E-state index >= 15 is 0 Å². The number of phenolic OH excluding ortho intramolecular Hbond substituents is 1. The van der Waals surface area contributed by atoms with Gasteiger partial charge in [-0.25, -0.2) is 8.78 Å². The number of nitrogens with one attached hydrogen (secondary N) is 1. The van der Waals surface area contributed by atoms with Crippen molar-refractivity contribution >= 4 is 27.9 Å². The first-order chi connectivity index (χ1) is 13.5. The van der Waals surface area contributed by atoms with Gasteiger partial charge in [-0.15, -0.1) is 11.3 Å². The molecule has 0 spiro atoms. The number of nitrogens with zero attached hydrogens (tertiary/aromatic N) is 1. The normalized spacial score (nSPS) is 18.2. The Kier molecular flexibility index (Phi) is 4.77. The van der Waals surface area contributed by atoms with E-state index < -0.39 is 17.6 Å². The van der Waals surface area contributed by atoms with Gasteiger partial charge in [0.15, 0.2) is 11.6 Å². The number of amides is 1. The minimum atomic E-state index is -0.944. The molecule has 28 heavy (non-hydrogen) atoms. The molecule has 144 valence electrons. The van der Waals surface area contributed by atoms with E-state index in [0.29, 0.717) is 5.56 Å². The number of fused-ring (bicyclic) bond motifs is 1. The molecule has 2 aromatic carbocycles. The Morgan fingerprint density at radius 3 is 2.71 bits per heavy atom. The number of carbonyl (C=O) groups is 1. The molecule has 0 bridgehead atoms. The highest BCUT2D eigenvalue weighted by molar-refractivity contribution is 7.14. The van der Waals surface area contributed by atoms with Crippen molar-refractivity contribution in [1.29, 1.82) is 0 Å². The van der Waals surface area contributed by atoms with Crippen molar-refractivity contribution in [3.05, 3.63) is 76.7 Å². The van der Waals surface area contributed by atoms with E-state index in [4.69, 9.17) is 0 Å². The average Bonchev–Trinajstić information content (AvgIpc) is 3.27. The van der Waals surface area contributed by atoms with Crippen LogP contribution in [0, 0.1) is 11.6 Å². The topological polar surface area (TPSA) is 52.6 Å². The zero-order valence-electron chi connectivity index (χ0n) is 15.0. The number of hydrogen-bond acceptors (Lipinski definition) is 4. The number of benzene rings is 2. The van der Waals surface area contributed by atoms with Crippen LogP contribution >= 0.6 is 11.3 Å². The lowest BCUT2D eigenvalue weighted by atomic mass is 9.94. The van der Waals surface area contributed by atoms with E-state index in [1.54, 1.807) is 23.5 Å². The maximum Gasteiger partial charge on any atom is 0.229 e. The van der Waals surface area contributed by atoms with Gasteiger partial charge in [0, 0.05) is 18.3 Å². The summed E-state index contributed by atoms with van der Waals surface area (Å²) in [6.07, 6.45) is 0. The van der Waals surface area contributed by atoms with Crippen LogP contribution in [0.4, 0.5) is 19.5 Å². The molecule has 4 rings (SSSR count). The minimum absolute atomic E-state index is 0.0897. The Hall–Kier alpha value is -2.93. The first-order valence-corrected chi connectivity index (χ1v) is 9.71. The molecule has 2 N–H and O–H groups in total. The van der Waals surface area contributed by atoms with Crippen LogP contribution in [0.15, 0.2) is 53.9 Å².